The van der Waals surface area contributed by atoms with E-state index in [9.17, 15) is 13.2 Å². The Morgan fingerprint density at radius 1 is 0.875 bits per heavy atom. The van der Waals surface area contributed by atoms with Gasteiger partial charge in [-0.15, -0.1) is 0 Å². The van der Waals surface area contributed by atoms with Crippen molar-refractivity contribution in [1.82, 2.24) is 0 Å². The molecule has 0 aliphatic heterocycles. The lowest BCUT2D eigenvalue weighted by atomic mass is 9.85. The van der Waals surface area contributed by atoms with E-state index in [1.165, 1.54) is 12.1 Å². The van der Waals surface area contributed by atoms with Crippen molar-refractivity contribution in [2.24, 2.45) is 0 Å². The quantitative estimate of drug-likeness (QED) is 0.594. The first kappa shape index (κ1) is 15.0. The van der Waals surface area contributed by atoms with Gasteiger partial charge in [-0.25, -0.2) is 0 Å². The molecule has 0 saturated heterocycles. The Labute approximate surface area is 95.5 Å². The molecule has 0 aromatic heterocycles. The smallest absolute Gasteiger partial charge is 0.166 e. The highest BCUT2D eigenvalue weighted by atomic mass is 19.4. The average Bonchev–Trinajstić information content (AvgIpc) is 1.99. The van der Waals surface area contributed by atoms with Crippen molar-refractivity contribution in [2.75, 3.05) is 0 Å². The SMILES string of the molecule is C.Cc1cc(C(C)(C)C)cc(C(F)(F)F)c1. The van der Waals surface area contributed by atoms with Crippen LogP contribution in [0.25, 0.3) is 0 Å². The summed E-state index contributed by atoms with van der Waals surface area (Å²) in [5.41, 5.74) is 0.545. The van der Waals surface area contributed by atoms with E-state index in [-0.39, 0.29) is 12.8 Å². The van der Waals surface area contributed by atoms with Crippen molar-refractivity contribution in [2.45, 2.75) is 46.7 Å². The van der Waals surface area contributed by atoms with E-state index >= 15 is 0 Å². The number of hydrogen-bond donors (Lipinski definition) is 0. The second-order valence-corrected chi connectivity index (χ2v) is 4.84. The lowest BCUT2D eigenvalue weighted by Gasteiger charge is -2.21. The van der Waals surface area contributed by atoms with Gasteiger partial charge in [0.15, 0.2) is 0 Å². The third-order valence-electron chi connectivity index (χ3n) is 2.27. The van der Waals surface area contributed by atoms with Gasteiger partial charge in [0.05, 0.1) is 5.56 Å². The molecule has 0 N–H and O–H groups in total. The monoisotopic (exact) mass is 232 g/mol. The number of alkyl halides is 3. The minimum atomic E-state index is -4.26. The van der Waals surface area contributed by atoms with Crippen LogP contribution in [0.15, 0.2) is 18.2 Å². The maximum absolute atomic E-state index is 12.5. The molecule has 92 valence electrons. The zero-order valence-corrected chi connectivity index (χ0v) is 9.37. The topological polar surface area (TPSA) is 0 Å². The fourth-order valence-corrected chi connectivity index (χ4v) is 1.38. The molecule has 0 aliphatic carbocycles. The van der Waals surface area contributed by atoms with Crippen molar-refractivity contribution < 1.29 is 13.2 Å². The van der Waals surface area contributed by atoms with Crippen LogP contribution in [0.5, 0.6) is 0 Å². The molecule has 0 nitrogen and oxygen atoms in total. The number of hydrogen-bond acceptors (Lipinski definition) is 0. The zero-order valence-electron chi connectivity index (χ0n) is 9.37. The van der Waals surface area contributed by atoms with Crippen molar-refractivity contribution in [3.05, 3.63) is 34.9 Å². The van der Waals surface area contributed by atoms with E-state index in [4.69, 9.17) is 0 Å². The van der Waals surface area contributed by atoms with Crippen LogP contribution in [0.3, 0.4) is 0 Å². The summed E-state index contributed by atoms with van der Waals surface area (Å²) in [6.45, 7) is 7.40. The van der Waals surface area contributed by atoms with E-state index in [1.54, 1.807) is 13.0 Å². The molecule has 0 atom stereocenters. The number of benzene rings is 1. The molecule has 1 aromatic rings. The van der Waals surface area contributed by atoms with Crippen LogP contribution in [0.1, 0.15) is 44.9 Å². The summed E-state index contributed by atoms with van der Waals surface area (Å²) >= 11 is 0. The molecule has 0 unspecified atom stereocenters. The Balaban J connectivity index is 0.00000225. The third-order valence-corrected chi connectivity index (χ3v) is 2.27. The molecule has 0 heterocycles. The molecule has 0 spiro atoms. The normalized spacial score (nSPS) is 12.2. The second-order valence-electron chi connectivity index (χ2n) is 4.84. The summed E-state index contributed by atoms with van der Waals surface area (Å²) in [6.07, 6.45) is -4.26. The predicted molar refractivity (Wildman–Crippen MR) is 61.6 cm³/mol. The molecule has 0 bridgehead atoms. The maximum atomic E-state index is 12.5. The van der Waals surface area contributed by atoms with Crippen LogP contribution in [-0.2, 0) is 11.6 Å². The van der Waals surface area contributed by atoms with E-state index < -0.39 is 11.7 Å². The van der Waals surface area contributed by atoms with Crippen molar-refractivity contribution in [1.29, 1.82) is 0 Å². The molecule has 0 aliphatic rings. The van der Waals surface area contributed by atoms with Crippen LogP contribution in [0, 0.1) is 6.92 Å². The lowest BCUT2D eigenvalue weighted by Crippen LogP contribution is -2.14. The van der Waals surface area contributed by atoms with Gasteiger partial charge in [-0.3, -0.25) is 0 Å². The van der Waals surface area contributed by atoms with Crippen molar-refractivity contribution in [3.63, 3.8) is 0 Å². The summed E-state index contributed by atoms with van der Waals surface area (Å²) < 4.78 is 37.6. The molecule has 3 heteroatoms. The predicted octanol–water partition coefficient (Wildman–Crippen LogP) is 4.95. The minimum absolute atomic E-state index is 0. The van der Waals surface area contributed by atoms with E-state index in [0.29, 0.717) is 5.56 Å². The molecule has 0 saturated carbocycles. The van der Waals surface area contributed by atoms with Crippen LogP contribution in [-0.4, -0.2) is 0 Å². The van der Waals surface area contributed by atoms with Gasteiger partial charge in [-0.1, -0.05) is 39.8 Å². The fourth-order valence-electron chi connectivity index (χ4n) is 1.38. The first-order valence-electron chi connectivity index (χ1n) is 4.80. The molecule has 0 radical (unpaired) electrons. The number of aryl methyl sites for hydroxylation is 1. The van der Waals surface area contributed by atoms with Gasteiger partial charge >= 0.3 is 6.18 Å². The Morgan fingerprint density at radius 3 is 1.69 bits per heavy atom. The highest BCUT2D eigenvalue weighted by Crippen LogP contribution is 2.33. The van der Waals surface area contributed by atoms with E-state index in [1.807, 2.05) is 20.8 Å². The average molecular weight is 232 g/mol. The Bertz CT molecular complexity index is 324. The van der Waals surface area contributed by atoms with Gasteiger partial charge in [0, 0.05) is 0 Å². The molecule has 1 aromatic carbocycles. The van der Waals surface area contributed by atoms with Crippen LogP contribution in [0.4, 0.5) is 13.2 Å². The van der Waals surface area contributed by atoms with E-state index in [0.717, 1.165) is 5.56 Å². The standard InChI is InChI=1S/C12H15F3.CH4/c1-8-5-9(11(2,3)4)7-10(6-8)12(13,14)15;/h5-7H,1-4H3;1H4. The molecular formula is C13H19F3. The number of rotatable bonds is 0. The Morgan fingerprint density at radius 2 is 1.31 bits per heavy atom. The van der Waals surface area contributed by atoms with Gasteiger partial charge in [-0.05, 0) is 30.0 Å². The molecule has 16 heavy (non-hydrogen) atoms. The molecule has 0 fully saturated rings. The second kappa shape index (κ2) is 4.48. The highest BCUT2D eigenvalue weighted by Gasteiger charge is 2.31. The van der Waals surface area contributed by atoms with Gasteiger partial charge < -0.3 is 0 Å². The molecular weight excluding hydrogens is 213 g/mol. The third kappa shape index (κ3) is 3.54. The Kier molecular flexibility index (Phi) is 4.20. The van der Waals surface area contributed by atoms with Crippen molar-refractivity contribution >= 4 is 0 Å². The molecule has 0 amide bonds. The fraction of sp³-hybridized carbons (Fsp3) is 0.538. The van der Waals surface area contributed by atoms with E-state index in [2.05, 4.69) is 0 Å². The van der Waals surface area contributed by atoms with Crippen LogP contribution < -0.4 is 0 Å². The summed E-state index contributed by atoms with van der Waals surface area (Å²) in [5.74, 6) is 0. The van der Waals surface area contributed by atoms with Crippen LogP contribution >= 0.6 is 0 Å². The Hall–Kier alpha value is -0.990. The first-order chi connectivity index (χ1) is 6.60. The number of halogens is 3. The summed E-state index contributed by atoms with van der Waals surface area (Å²) in [5, 5.41) is 0. The van der Waals surface area contributed by atoms with Crippen molar-refractivity contribution in [3.8, 4) is 0 Å². The summed E-state index contributed by atoms with van der Waals surface area (Å²) in [7, 11) is 0. The minimum Gasteiger partial charge on any atom is -0.166 e. The molecule has 1 rings (SSSR count). The maximum Gasteiger partial charge on any atom is 0.416 e. The lowest BCUT2D eigenvalue weighted by molar-refractivity contribution is -0.137. The zero-order chi connectivity index (χ0) is 11.9. The van der Waals surface area contributed by atoms with Gasteiger partial charge in [0.2, 0.25) is 0 Å². The highest BCUT2D eigenvalue weighted by molar-refractivity contribution is 5.34. The first-order valence-corrected chi connectivity index (χ1v) is 4.80. The van der Waals surface area contributed by atoms with Gasteiger partial charge in [0.1, 0.15) is 0 Å². The van der Waals surface area contributed by atoms with Crippen LogP contribution in [0.2, 0.25) is 0 Å². The summed E-state index contributed by atoms with van der Waals surface area (Å²) in [4.78, 5) is 0. The summed E-state index contributed by atoms with van der Waals surface area (Å²) in [6, 6.07) is 4.21. The largest absolute Gasteiger partial charge is 0.416 e. The van der Waals surface area contributed by atoms with Gasteiger partial charge in [0.25, 0.3) is 0 Å². The van der Waals surface area contributed by atoms with Gasteiger partial charge in [-0.2, -0.15) is 13.2 Å².